The van der Waals surface area contributed by atoms with Gasteiger partial charge in [0.05, 0.1) is 43.3 Å². The van der Waals surface area contributed by atoms with Crippen molar-refractivity contribution in [3.05, 3.63) is 66.2 Å². The van der Waals surface area contributed by atoms with Crippen molar-refractivity contribution in [3.63, 3.8) is 0 Å². The predicted molar refractivity (Wildman–Crippen MR) is 110 cm³/mol. The van der Waals surface area contributed by atoms with Gasteiger partial charge in [0.15, 0.2) is 6.54 Å². The lowest BCUT2D eigenvalue weighted by atomic mass is 10.1. The van der Waals surface area contributed by atoms with Gasteiger partial charge in [0.2, 0.25) is 10.0 Å². The predicted octanol–water partition coefficient (Wildman–Crippen LogP) is 0.212. The van der Waals surface area contributed by atoms with Gasteiger partial charge in [0.25, 0.3) is 5.91 Å². The summed E-state index contributed by atoms with van der Waals surface area (Å²) in [7, 11) is -3.46. The average Bonchev–Trinajstić information content (AvgIpc) is 3.26. The van der Waals surface area contributed by atoms with Gasteiger partial charge in [-0.25, -0.2) is 13.4 Å². The first-order valence-corrected chi connectivity index (χ1v) is 11.3. The molecule has 1 fully saturated rings. The molecule has 7 nitrogen and oxygen atoms in total. The van der Waals surface area contributed by atoms with Crippen LogP contribution in [0.25, 0.3) is 0 Å². The van der Waals surface area contributed by atoms with Crippen LogP contribution >= 0.6 is 0 Å². The van der Waals surface area contributed by atoms with Gasteiger partial charge in [-0.15, -0.1) is 0 Å². The van der Waals surface area contributed by atoms with E-state index < -0.39 is 10.0 Å². The van der Waals surface area contributed by atoms with Crippen LogP contribution in [0.15, 0.2) is 70.7 Å². The van der Waals surface area contributed by atoms with Crippen LogP contribution in [0, 0.1) is 0 Å². The van der Waals surface area contributed by atoms with Gasteiger partial charge in [-0.1, -0.05) is 48.5 Å². The van der Waals surface area contributed by atoms with Crippen LogP contribution in [0.3, 0.4) is 0 Å². The molecule has 4 rings (SSSR count). The van der Waals surface area contributed by atoms with Crippen LogP contribution in [0.5, 0.6) is 0 Å². The smallest absolute Gasteiger partial charge is 0.297 e. The van der Waals surface area contributed by atoms with Crippen LogP contribution in [0.4, 0.5) is 0 Å². The van der Waals surface area contributed by atoms with E-state index >= 15 is 0 Å². The van der Waals surface area contributed by atoms with Crippen LogP contribution in [-0.2, 0) is 14.8 Å². The second kappa shape index (κ2) is 8.44. The monoisotopic (exact) mass is 413 g/mol. The van der Waals surface area contributed by atoms with Gasteiger partial charge < -0.3 is 4.90 Å². The van der Waals surface area contributed by atoms with Crippen molar-refractivity contribution in [1.29, 1.82) is 0 Å². The Kier molecular flexibility index (Phi) is 5.75. The molecule has 0 radical (unpaired) electrons. The minimum absolute atomic E-state index is 0.00898. The first-order chi connectivity index (χ1) is 14.0. The van der Waals surface area contributed by atoms with Crippen molar-refractivity contribution < 1.29 is 18.1 Å². The third kappa shape index (κ3) is 4.39. The van der Waals surface area contributed by atoms with E-state index in [-0.39, 0.29) is 5.91 Å². The molecule has 1 N–H and O–H groups in total. The van der Waals surface area contributed by atoms with Crippen molar-refractivity contribution in [3.8, 4) is 0 Å². The van der Waals surface area contributed by atoms with Crippen LogP contribution in [-0.4, -0.2) is 68.6 Å². The standard InChI is InChI=1S/C21H24N4O3S/c26-21(25-12-11-20(22-25)18-7-3-1-4-8-18)17-23-13-15-24(16-14-23)29(27,28)19-9-5-2-6-10-19/h1-10H,11-17H2/p+1. The maximum absolute atomic E-state index is 12.7. The number of carbonyl (C=O) groups is 1. The molecule has 2 aliphatic rings. The Labute approximate surface area is 171 Å². The number of piperazine rings is 1. The van der Waals surface area contributed by atoms with E-state index in [4.69, 9.17) is 0 Å². The Morgan fingerprint density at radius 1 is 0.931 bits per heavy atom. The zero-order chi connectivity index (χ0) is 20.3. The molecule has 1 saturated heterocycles. The van der Waals surface area contributed by atoms with Gasteiger partial charge in [0.1, 0.15) is 0 Å². The van der Waals surface area contributed by atoms with Gasteiger partial charge in [-0.3, -0.25) is 4.79 Å². The fourth-order valence-electron chi connectivity index (χ4n) is 3.74. The normalized spacial score (nSPS) is 18.6. The first-order valence-electron chi connectivity index (χ1n) is 9.86. The maximum Gasteiger partial charge on any atom is 0.297 e. The van der Waals surface area contributed by atoms with Crippen LogP contribution in [0.1, 0.15) is 12.0 Å². The van der Waals surface area contributed by atoms with Crippen molar-refractivity contribution in [2.75, 3.05) is 39.3 Å². The highest BCUT2D eigenvalue weighted by Gasteiger charge is 2.32. The molecule has 0 unspecified atom stereocenters. The fraction of sp³-hybridized carbons (Fsp3) is 0.333. The number of benzene rings is 2. The third-order valence-corrected chi connectivity index (χ3v) is 7.32. The molecule has 8 heteroatoms. The number of hydrogen-bond acceptors (Lipinski definition) is 4. The summed E-state index contributed by atoms with van der Waals surface area (Å²) in [6.45, 7) is 2.99. The molecular formula is C21H25N4O3S+. The Bertz CT molecular complexity index is 985. The number of amides is 1. The summed E-state index contributed by atoms with van der Waals surface area (Å²) in [5.41, 5.74) is 1.99. The Morgan fingerprint density at radius 2 is 1.55 bits per heavy atom. The highest BCUT2D eigenvalue weighted by atomic mass is 32.2. The lowest BCUT2D eigenvalue weighted by molar-refractivity contribution is -0.896. The molecule has 0 saturated carbocycles. The highest BCUT2D eigenvalue weighted by molar-refractivity contribution is 7.89. The highest BCUT2D eigenvalue weighted by Crippen LogP contribution is 2.15. The molecule has 2 heterocycles. The summed E-state index contributed by atoms with van der Waals surface area (Å²) in [6, 6.07) is 18.4. The lowest BCUT2D eigenvalue weighted by Crippen LogP contribution is -3.15. The minimum Gasteiger partial charge on any atom is -0.325 e. The number of nitrogens with zero attached hydrogens (tertiary/aromatic N) is 3. The summed E-state index contributed by atoms with van der Waals surface area (Å²) < 4.78 is 27.0. The maximum atomic E-state index is 12.7. The number of hydrogen-bond donors (Lipinski definition) is 1. The lowest BCUT2D eigenvalue weighted by Gasteiger charge is -2.31. The quantitative estimate of drug-likeness (QED) is 0.762. The zero-order valence-corrected chi connectivity index (χ0v) is 17.0. The van der Waals surface area contributed by atoms with Gasteiger partial charge in [-0.2, -0.15) is 9.41 Å². The molecule has 2 aromatic rings. The summed E-state index contributed by atoms with van der Waals surface area (Å²) in [5.74, 6) is -0.00898. The number of hydrazone groups is 1. The largest absolute Gasteiger partial charge is 0.325 e. The molecular weight excluding hydrogens is 388 g/mol. The molecule has 0 atom stereocenters. The Balaban J connectivity index is 1.32. The summed E-state index contributed by atoms with van der Waals surface area (Å²) in [5, 5.41) is 6.06. The molecule has 152 valence electrons. The summed E-state index contributed by atoms with van der Waals surface area (Å²) in [4.78, 5) is 14.1. The van der Waals surface area contributed by atoms with Gasteiger partial charge in [-0.05, 0) is 17.7 Å². The van der Waals surface area contributed by atoms with Crippen LogP contribution in [0.2, 0.25) is 0 Å². The van der Waals surface area contributed by atoms with E-state index in [9.17, 15) is 13.2 Å². The number of rotatable bonds is 5. The van der Waals surface area contributed by atoms with E-state index in [1.54, 1.807) is 35.3 Å². The topological polar surface area (TPSA) is 74.5 Å². The zero-order valence-electron chi connectivity index (χ0n) is 16.2. The molecule has 2 aromatic carbocycles. The Morgan fingerprint density at radius 3 is 2.21 bits per heavy atom. The minimum atomic E-state index is -3.46. The second-order valence-electron chi connectivity index (χ2n) is 7.32. The van der Waals surface area contributed by atoms with E-state index in [0.29, 0.717) is 44.2 Å². The Hall–Kier alpha value is -2.55. The number of nitrogens with one attached hydrogen (secondary N) is 1. The number of sulfonamides is 1. The molecule has 29 heavy (non-hydrogen) atoms. The van der Waals surface area contributed by atoms with Crippen LogP contribution < -0.4 is 4.90 Å². The fourth-order valence-corrected chi connectivity index (χ4v) is 5.20. The SMILES string of the molecule is O=C(C[NH+]1CCN(S(=O)(=O)c2ccccc2)CC1)N1CCC(c2ccccc2)=N1. The van der Waals surface area contributed by atoms with Gasteiger partial charge >= 0.3 is 0 Å². The van der Waals surface area contributed by atoms with Crippen molar-refractivity contribution in [2.24, 2.45) is 5.10 Å². The van der Waals surface area contributed by atoms with Gasteiger partial charge in [0, 0.05) is 6.42 Å². The third-order valence-electron chi connectivity index (χ3n) is 5.41. The first kappa shape index (κ1) is 19.8. The number of carbonyl (C=O) groups excluding carboxylic acids is 1. The van der Waals surface area contributed by atoms with E-state index in [1.807, 2.05) is 30.3 Å². The van der Waals surface area contributed by atoms with E-state index in [0.717, 1.165) is 22.6 Å². The summed E-state index contributed by atoms with van der Waals surface area (Å²) >= 11 is 0. The molecule has 2 aliphatic heterocycles. The molecule has 0 aromatic heterocycles. The number of quaternary nitrogens is 1. The molecule has 0 bridgehead atoms. The second-order valence-corrected chi connectivity index (χ2v) is 9.26. The molecule has 1 amide bonds. The van der Waals surface area contributed by atoms with Crippen molar-refractivity contribution in [2.45, 2.75) is 11.3 Å². The summed E-state index contributed by atoms with van der Waals surface area (Å²) in [6.07, 6.45) is 0.758. The molecule has 0 spiro atoms. The van der Waals surface area contributed by atoms with Crippen molar-refractivity contribution >= 4 is 21.6 Å². The van der Waals surface area contributed by atoms with E-state index in [2.05, 4.69) is 5.10 Å². The average molecular weight is 414 g/mol. The van der Waals surface area contributed by atoms with Crippen molar-refractivity contribution in [1.82, 2.24) is 9.31 Å². The van der Waals surface area contributed by atoms with E-state index in [1.165, 1.54) is 4.31 Å². The molecule has 0 aliphatic carbocycles.